The molecule has 0 aliphatic carbocycles. The highest BCUT2D eigenvalue weighted by Gasteiger charge is 2.29. The molecule has 1 aliphatic heterocycles. The molecule has 0 fully saturated rings. The minimum Gasteiger partial charge on any atom is -0.495 e. The van der Waals surface area contributed by atoms with Crippen molar-refractivity contribution in [3.63, 3.8) is 0 Å². The smallest absolute Gasteiger partial charge is 0.108 e. The maximum absolute atomic E-state index is 5.74. The van der Waals surface area contributed by atoms with E-state index in [0.717, 1.165) is 6.42 Å². The first-order valence-electron chi connectivity index (χ1n) is 5.16. The molecule has 1 atom stereocenters. The Morgan fingerprint density at radius 3 is 2.75 bits per heavy atom. The van der Waals surface area contributed by atoms with Gasteiger partial charge < -0.3 is 4.74 Å². The molecule has 0 N–H and O–H groups in total. The van der Waals surface area contributed by atoms with Gasteiger partial charge in [0.1, 0.15) is 5.60 Å². The molecule has 12 heavy (non-hydrogen) atoms. The molecule has 0 bridgehead atoms. The Morgan fingerprint density at radius 1 is 1.42 bits per heavy atom. The maximum Gasteiger partial charge on any atom is 0.108 e. The Labute approximate surface area is 75.8 Å². The van der Waals surface area contributed by atoms with Gasteiger partial charge in [-0.2, -0.15) is 0 Å². The summed E-state index contributed by atoms with van der Waals surface area (Å²) in [5, 5.41) is 0. The quantitative estimate of drug-likeness (QED) is 0.622. The van der Waals surface area contributed by atoms with E-state index >= 15 is 0 Å². The fraction of sp³-hybridized carbons (Fsp3) is 0.818. The first kappa shape index (κ1) is 9.63. The monoisotopic (exact) mass is 168 g/mol. The van der Waals surface area contributed by atoms with Gasteiger partial charge in [0.25, 0.3) is 0 Å². The molecule has 1 heteroatoms. The summed E-state index contributed by atoms with van der Waals surface area (Å²) < 4.78 is 5.74. The lowest BCUT2D eigenvalue weighted by Crippen LogP contribution is -2.31. The molecule has 0 amide bonds. The molecule has 0 aromatic carbocycles. The highest BCUT2D eigenvalue weighted by atomic mass is 16.5. The van der Waals surface area contributed by atoms with Gasteiger partial charge in [0.15, 0.2) is 0 Å². The van der Waals surface area contributed by atoms with Crippen LogP contribution in [0.15, 0.2) is 12.3 Å². The fourth-order valence-corrected chi connectivity index (χ4v) is 1.79. The molecule has 0 spiro atoms. The zero-order valence-corrected chi connectivity index (χ0v) is 8.31. The van der Waals surface area contributed by atoms with Gasteiger partial charge in [-0.15, -0.1) is 0 Å². The van der Waals surface area contributed by atoms with E-state index in [1.807, 2.05) is 6.26 Å². The summed E-state index contributed by atoms with van der Waals surface area (Å²) in [6, 6.07) is 0. The SMILES string of the molecule is CCCCC1(CC)CCC=CO1. The second-order valence-electron chi connectivity index (χ2n) is 3.67. The van der Waals surface area contributed by atoms with E-state index in [2.05, 4.69) is 19.9 Å². The van der Waals surface area contributed by atoms with Gasteiger partial charge in [0.2, 0.25) is 0 Å². The molecule has 0 saturated carbocycles. The first-order chi connectivity index (χ1) is 5.83. The Balaban J connectivity index is 2.44. The Morgan fingerprint density at radius 2 is 2.25 bits per heavy atom. The van der Waals surface area contributed by atoms with Crippen LogP contribution >= 0.6 is 0 Å². The van der Waals surface area contributed by atoms with Gasteiger partial charge >= 0.3 is 0 Å². The predicted molar refractivity (Wildman–Crippen MR) is 52.0 cm³/mol. The predicted octanol–water partition coefficient (Wildman–Crippen LogP) is 3.65. The van der Waals surface area contributed by atoms with Crippen LogP contribution in [0.5, 0.6) is 0 Å². The van der Waals surface area contributed by atoms with E-state index in [4.69, 9.17) is 4.74 Å². The third-order valence-corrected chi connectivity index (χ3v) is 2.81. The van der Waals surface area contributed by atoms with Crippen molar-refractivity contribution in [2.24, 2.45) is 0 Å². The van der Waals surface area contributed by atoms with Crippen LogP contribution in [0, 0.1) is 0 Å². The average Bonchev–Trinajstić information content (AvgIpc) is 2.16. The van der Waals surface area contributed by atoms with Crippen LogP contribution in [0.3, 0.4) is 0 Å². The van der Waals surface area contributed by atoms with Crippen molar-refractivity contribution in [1.29, 1.82) is 0 Å². The molecule has 0 aromatic rings. The van der Waals surface area contributed by atoms with Crippen LogP contribution in [0.4, 0.5) is 0 Å². The number of unbranched alkanes of at least 4 members (excludes halogenated alkanes) is 1. The lowest BCUT2D eigenvalue weighted by molar-refractivity contribution is -0.00827. The van der Waals surface area contributed by atoms with Crippen molar-refractivity contribution in [3.05, 3.63) is 12.3 Å². The van der Waals surface area contributed by atoms with Gasteiger partial charge in [0, 0.05) is 0 Å². The van der Waals surface area contributed by atoms with Crippen LogP contribution in [-0.4, -0.2) is 5.60 Å². The molecule has 1 heterocycles. The Bertz CT molecular complexity index is 151. The largest absolute Gasteiger partial charge is 0.495 e. The average molecular weight is 168 g/mol. The molecule has 1 nitrogen and oxygen atoms in total. The highest BCUT2D eigenvalue weighted by Crippen LogP contribution is 2.31. The van der Waals surface area contributed by atoms with Crippen molar-refractivity contribution in [2.75, 3.05) is 0 Å². The van der Waals surface area contributed by atoms with E-state index in [9.17, 15) is 0 Å². The van der Waals surface area contributed by atoms with Crippen molar-refractivity contribution in [2.45, 2.75) is 58.0 Å². The minimum absolute atomic E-state index is 0.185. The third-order valence-electron chi connectivity index (χ3n) is 2.81. The summed E-state index contributed by atoms with van der Waals surface area (Å²) in [5.74, 6) is 0. The molecule has 1 aliphatic rings. The van der Waals surface area contributed by atoms with Gasteiger partial charge in [-0.05, 0) is 38.2 Å². The van der Waals surface area contributed by atoms with Crippen molar-refractivity contribution < 1.29 is 4.74 Å². The summed E-state index contributed by atoms with van der Waals surface area (Å²) in [4.78, 5) is 0. The number of hydrogen-bond donors (Lipinski definition) is 0. The topological polar surface area (TPSA) is 9.23 Å². The second-order valence-corrected chi connectivity index (χ2v) is 3.67. The summed E-state index contributed by atoms with van der Waals surface area (Å²) in [5.41, 5.74) is 0.185. The van der Waals surface area contributed by atoms with Crippen LogP contribution in [0.2, 0.25) is 0 Å². The fourth-order valence-electron chi connectivity index (χ4n) is 1.79. The van der Waals surface area contributed by atoms with Crippen LogP contribution in [0.25, 0.3) is 0 Å². The number of ether oxygens (including phenoxy) is 1. The van der Waals surface area contributed by atoms with Crippen molar-refractivity contribution in [3.8, 4) is 0 Å². The van der Waals surface area contributed by atoms with Gasteiger partial charge in [-0.25, -0.2) is 0 Å². The third kappa shape index (κ3) is 2.26. The lowest BCUT2D eigenvalue weighted by atomic mass is 9.88. The molecular formula is C11H20O. The normalized spacial score (nSPS) is 28.5. The van der Waals surface area contributed by atoms with Crippen molar-refractivity contribution in [1.82, 2.24) is 0 Å². The summed E-state index contributed by atoms with van der Waals surface area (Å²) >= 11 is 0. The summed E-state index contributed by atoms with van der Waals surface area (Å²) in [7, 11) is 0. The summed E-state index contributed by atoms with van der Waals surface area (Å²) in [6.07, 6.45) is 11.4. The lowest BCUT2D eigenvalue weighted by Gasteiger charge is -2.34. The minimum atomic E-state index is 0.185. The Kier molecular flexibility index (Phi) is 3.64. The summed E-state index contributed by atoms with van der Waals surface area (Å²) in [6.45, 7) is 4.47. The van der Waals surface area contributed by atoms with E-state index in [1.54, 1.807) is 0 Å². The number of hydrogen-bond acceptors (Lipinski definition) is 1. The Hall–Kier alpha value is -0.460. The van der Waals surface area contributed by atoms with E-state index in [-0.39, 0.29) is 5.60 Å². The molecule has 1 unspecified atom stereocenters. The van der Waals surface area contributed by atoms with E-state index in [1.165, 1.54) is 32.1 Å². The van der Waals surface area contributed by atoms with Crippen LogP contribution in [0.1, 0.15) is 52.4 Å². The first-order valence-corrected chi connectivity index (χ1v) is 5.16. The highest BCUT2D eigenvalue weighted by molar-refractivity contribution is 4.91. The van der Waals surface area contributed by atoms with Crippen molar-refractivity contribution >= 4 is 0 Å². The zero-order chi connectivity index (χ0) is 8.86. The van der Waals surface area contributed by atoms with Gasteiger partial charge in [-0.3, -0.25) is 0 Å². The molecule has 0 aromatic heterocycles. The zero-order valence-electron chi connectivity index (χ0n) is 8.31. The number of allylic oxidation sites excluding steroid dienone is 1. The molecule has 1 rings (SSSR count). The van der Waals surface area contributed by atoms with Gasteiger partial charge in [0.05, 0.1) is 6.26 Å². The second kappa shape index (κ2) is 4.54. The van der Waals surface area contributed by atoms with E-state index < -0.39 is 0 Å². The standard InChI is InChI=1S/C11H20O/c1-3-5-8-11(4-2)9-6-7-10-12-11/h7,10H,3-6,8-9H2,1-2H3. The number of rotatable bonds is 4. The maximum atomic E-state index is 5.74. The molecule has 70 valence electrons. The van der Waals surface area contributed by atoms with Crippen LogP contribution < -0.4 is 0 Å². The molecule has 0 radical (unpaired) electrons. The van der Waals surface area contributed by atoms with Crippen LogP contribution in [-0.2, 0) is 4.74 Å². The van der Waals surface area contributed by atoms with E-state index in [0.29, 0.717) is 0 Å². The molecular weight excluding hydrogens is 148 g/mol. The molecule has 0 saturated heterocycles. The van der Waals surface area contributed by atoms with Gasteiger partial charge in [-0.1, -0.05) is 20.3 Å².